The van der Waals surface area contributed by atoms with E-state index in [9.17, 15) is 4.79 Å². The summed E-state index contributed by atoms with van der Waals surface area (Å²) in [4.78, 5) is 21.1. The van der Waals surface area contributed by atoms with Crippen molar-refractivity contribution in [2.75, 3.05) is 26.7 Å². The van der Waals surface area contributed by atoms with Crippen molar-refractivity contribution in [3.05, 3.63) is 35.9 Å². The van der Waals surface area contributed by atoms with Crippen molar-refractivity contribution < 1.29 is 13.7 Å². The van der Waals surface area contributed by atoms with E-state index in [1.54, 1.807) is 12.3 Å². The zero-order valence-electron chi connectivity index (χ0n) is 14.1. The van der Waals surface area contributed by atoms with Crippen LogP contribution in [0.5, 0.6) is 0 Å². The Morgan fingerprint density at radius 1 is 1.38 bits per heavy atom. The van der Waals surface area contributed by atoms with Gasteiger partial charge < -0.3 is 13.8 Å². The van der Waals surface area contributed by atoms with Gasteiger partial charge in [0, 0.05) is 26.6 Å². The Labute approximate surface area is 140 Å². The van der Waals surface area contributed by atoms with Crippen LogP contribution in [0.2, 0.25) is 0 Å². The van der Waals surface area contributed by atoms with Crippen LogP contribution in [0.15, 0.2) is 27.5 Å². The molecule has 24 heavy (non-hydrogen) atoms. The quantitative estimate of drug-likeness (QED) is 0.841. The van der Waals surface area contributed by atoms with E-state index in [0.29, 0.717) is 11.5 Å². The molecule has 2 saturated heterocycles. The molecular weight excluding hydrogens is 308 g/mol. The van der Waals surface area contributed by atoms with Gasteiger partial charge >= 0.3 is 0 Å². The van der Waals surface area contributed by atoms with Gasteiger partial charge in [-0.2, -0.15) is 4.98 Å². The van der Waals surface area contributed by atoms with E-state index in [-0.39, 0.29) is 17.4 Å². The number of aryl methyl sites for hydroxylation is 1. The monoisotopic (exact) mass is 330 g/mol. The largest absolute Gasteiger partial charge is 0.472 e. The standard InChI is InChI=1S/C17H22N4O3/c1-12-18-15(19-24-12)14-9-17(11-20(14)2)4-6-21(7-5-17)16(22)13-3-8-23-10-13/h3,8,10,14H,4-7,9,11H2,1-2H3. The third kappa shape index (κ3) is 2.62. The molecule has 2 fully saturated rings. The summed E-state index contributed by atoms with van der Waals surface area (Å²) >= 11 is 0. The molecule has 7 heteroatoms. The molecule has 1 atom stereocenters. The molecule has 128 valence electrons. The van der Waals surface area contributed by atoms with Gasteiger partial charge in [0.25, 0.3) is 5.91 Å². The first kappa shape index (κ1) is 15.4. The lowest BCUT2D eigenvalue weighted by Gasteiger charge is -2.39. The van der Waals surface area contributed by atoms with Gasteiger partial charge in [0.2, 0.25) is 5.89 Å². The smallest absolute Gasteiger partial charge is 0.257 e. The van der Waals surface area contributed by atoms with Gasteiger partial charge in [-0.15, -0.1) is 0 Å². The predicted molar refractivity (Wildman–Crippen MR) is 85.3 cm³/mol. The minimum atomic E-state index is 0.0651. The summed E-state index contributed by atoms with van der Waals surface area (Å²) in [7, 11) is 2.12. The van der Waals surface area contributed by atoms with Crippen molar-refractivity contribution in [3.63, 3.8) is 0 Å². The minimum Gasteiger partial charge on any atom is -0.472 e. The van der Waals surface area contributed by atoms with Crippen LogP contribution in [0.3, 0.4) is 0 Å². The van der Waals surface area contributed by atoms with Crippen LogP contribution in [0.4, 0.5) is 0 Å². The second kappa shape index (κ2) is 5.73. The number of carbonyl (C=O) groups excluding carboxylic acids is 1. The molecule has 2 aliphatic heterocycles. The number of furan rings is 1. The molecule has 1 spiro atoms. The van der Waals surface area contributed by atoms with Crippen LogP contribution < -0.4 is 0 Å². The van der Waals surface area contributed by atoms with Crippen LogP contribution in [-0.4, -0.2) is 52.5 Å². The summed E-state index contributed by atoms with van der Waals surface area (Å²) < 4.78 is 10.2. The van der Waals surface area contributed by atoms with Crippen molar-refractivity contribution in [1.29, 1.82) is 0 Å². The number of nitrogens with zero attached hydrogens (tertiary/aromatic N) is 4. The third-order valence-corrected chi connectivity index (χ3v) is 5.46. The van der Waals surface area contributed by atoms with Gasteiger partial charge in [-0.25, -0.2) is 0 Å². The number of carbonyl (C=O) groups is 1. The highest BCUT2D eigenvalue weighted by Gasteiger charge is 2.46. The molecule has 7 nitrogen and oxygen atoms in total. The summed E-state index contributed by atoms with van der Waals surface area (Å²) in [6.45, 7) is 4.41. The number of aromatic nitrogens is 2. The molecule has 4 heterocycles. The van der Waals surface area contributed by atoms with Crippen LogP contribution in [-0.2, 0) is 0 Å². The summed E-state index contributed by atoms with van der Waals surface area (Å²) in [6.07, 6.45) is 6.10. The van der Waals surface area contributed by atoms with Gasteiger partial charge in [0.05, 0.1) is 17.9 Å². The van der Waals surface area contributed by atoms with Crippen molar-refractivity contribution >= 4 is 5.91 Å². The molecule has 0 saturated carbocycles. The van der Waals surface area contributed by atoms with Gasteiger partial charge in [-0.05, 0) is 37.8 Å². The van der Waals surface area contributed by atoms with E-state index >= 15 is 0 Å². The van der Waals surface area contributed by atoms with Crippen LogP contribution in [0.25, 0.3) is 0 Å². The van der Waals surface area contributed by atoms with Gasteiger partial charge in [0.1, 0.15) is 6.26 Å². The molecule has 0 aromatic carbocycles. The molecule has 1 unspecified atom stereocenters. The van der Waals surface area contributed by atoms with Gasteiger partial charge in [-0.1, -0.05) is 5.16 Å². The molecular formula is C17H22N4O3. The maximum atomic E-state index is 12.4. The maximum absolute atomic E-state index is 12.4. The van der Waals surface area contributed by atoms with Crippen molar-refractivity contribution in [3.8, 4) is 0 Å². The Balaban J connectivity index is 1.43. The highest BCUT2D eigenvalue weighted by Crippen LogP contribution is 2.47. The highest BCUT2D eigenvalue weighted by atomic mass is 16.5. The summed E-state index contributed by atoms with van der Waals surface area (Å²) in [5.74, 6) is 1.46. The van der Waals surface area contributed by atoms with Gasteiger partial charge in [0.15, 0.2) is 5.82 Å². The van der Waals surface area contributed by atoms with Crippen molar-refractivity contribution in [2.45, 2.75) is 32.2 Å². The summed E-state index contributed by atoms with van der Waals surface area (Å²) in [6, 6.07) is 1.93. The Morgan fingerprint density at radius 3 is 2.79 bits per heavy atom. The predicted octanol–water partition coefficient (Wildman–Crippen LogP) is 2.27. The Hall–Kier alpha value is -2.15. The Morgan fingerprint density at radius 2 is 2.17 bits per heavy atom. The van der Waals surface area contributed by atoms with Crippen LogP contribution in [0.1, 0.15) is 47.4 Å². The lowest BCUT2D eigenvalue weighted by Crippen LogP contribution is -2.44. The fraction of sp³-hybridized carbons (Fsp3) is 0.588. The van der Waals surface area contributed by atoms with E-state index in [4.69, 9.17) is 8.94 Å². The molecule has 0 radical (unpaired) electrons. The molecule has 4 rings (SSSR count). The van der Waals surface area contributed by atoms with E-state index in [0.717, 1.165) is 44.7 Å². The fourth-order valence-corrected chi connectivity index (χ4v) is 4.12. The Kier molecular flexibility index (Phi) is 3.68. The molecule has 2 aromatic heterocycles. The van der Waals surface area contributed by atoms with Crippen molar-refractivity contribution in [2.24, 2.45) is 5.41 Å². The molecule has 2 aromatic rings. The molecule has 0 N–H and O–H groups in total. The number of hydrogen-bond acceptors (Lipinski definition) is 6. The third-order valence-electron chi connectivity index (χ3n) is 5.46. The Bertz CT molecular complexity index is 716. The SMILES string of the molecule is Cc1nc(C2CC3(CCN(C(=O)c4ccoc4)CC3)CN2C)no1. The lowest BCUT2D eigenvalue weighted by atomic mass is 9.76. The number of piperidine rings is 1. The number of rotatable bonds is 2. The van der Waals surface area contributed by atoms with Crippen molar-refractivity contribution in [1.82, 2.24) is 19.9 Å². The summed E-state index contributed by atoms with van der Waals surface area (Å²) in [5, 5.41) is 4.10. The zero-order chi connectivity index (χ0) is 16.7. The second-order valence-corrected chi connectivity index (χ2v) is 7.11. The molecule has 0 bridgehead atoms. The average Bonchev–Trinajstić information content (AvgIpc) is 3.29. The van der Waals surface area contributed by atoms with E-state index in [1.807, 2.05) is 11.8 Å². The first-order valence-electron chi connectivity index (χ1n) is 8.38. The molecule has 2 aliphatic rings. The normalized spacial score (nSPS) is 23.9. The average molecular weight is 330 g/mol. The second-order valence-electron chi connectivity index (χ2n) is 7.11. The number of amides is 1. The first-order chi connectivity index (χ1) is 11.6. The first-order valence-corrected chi connectivity index (χ1v) is 8.38. The van der Waals surface area contributed by atoms with E-state index < -0.39 is 0 Å². The fourth-order valence-electron chi connectivity index (χ4n) is 4.12. The highest BCUT2D eigenvalue weighted by molar-refractivity contribution is 5.93. The van der Waals surface area contributed by atoms with Crippen LogP contribution >= 0.6 is 0 Å². The van der Waals surface area contributed by atoms with Gasteiger partial charge in [-0.3, -0.25) is 9.69 Å². The van der Waals surface area contributed by atoms with E-state index in [2.05, 4.69) is 22.1 Å². The minimum absolute atomic E-state index is 0.0651. The molecule has 0 aliphatic carbocycles. The zero-order valence-corrected chi connectivity index (χ0v) is 14.1. The molecule has 1 amide bonds. The number of likely N-dealkylation sites (tertiary alicyclic amines) is 2. The van der Waals surface area contributed by atoms with E-state index in [1.165, 1.54) is 6.26 Å². The van der Waals surface area contributed by atoms with Crippen LogP contribution in [0, 0.1) is 12.3 Å². The maximum Gasteiger partial charge on any atom is 0.257 e. The lowest BCUT2D eigenvalue weighted by molar-refractivity contribution is 0.0592. The topological polar surface area (TPSA) is 75.6 Å². The number of hydrogen-bond donors (Lipinski definition) is 0. The summed E-state index contributed by atoms with van der Waals surface area (Å²) in [5.41, 5.74) is 0.871.